The van der Waals surface area contributed by atoms with Crippen molar-refractivity contribution in [3.8, 4) is 0 Å². The zero-order valence-electron chi connectivity index (χ0n) is 10.6. The fourth-order valence-corrected chi connectivity index (χ4v) is 2.17. The van der Waals surface area contributed by atoms with Crippen LogP contribution in [0.25, 0.3) is 0 Å². The monoisotopic (exact) mass is 213 g/mol. The number of rotatable bonds is 4. The number of nitrogens with zero attached hydrogens (tertiary/aromatic N) is 2. The zero-order valence-corrected chi connectivity index (χ0v) is 10.6. The Labute approximate surface area is 94.6 Å². The van der Waals surface area contributed by atoms with Gasteiger partial charge in [-0.25, -0.2) is 0 Å². The van der Waals surface area contributed by atoms with Crippen LogP contribution in [0.5, 0.6) is 0 Å². The molecule has 0 saturated carbocycles. The van der Waals surface area contributed by atoms with Gasteiger partial charge in [-0.3, -0.25) is 0 Å². The number of hydrogen-bond acceptors (Lipinski definition) is 3. The van der Waals surface area contributed by atoms with Gasteiger partial charge in [0.1, 0.15) is 0 Å². The van der Waals surface area contributed by atoms with E-state index in [1.807, 2.05) is 0 Å². The van der Waals surface area contributed by atoms with Gasteiger partial charge >= 0.3 is 0 Å². The first-order valence-electron chi connectivity index (χ1n) is 6.22. The topological polar surface area (TPSA) is 32.5 Å². The van der Waals surface area contributed by atoms with Crippen LogP contribution in [0, 0.1) is 5.41 Å². The molecule has 15 heavy (non-hydrogen) atoms. The summed E-state index contributed by atoms with van der Waals surface area (Å²) in [6.45, 7) is 14.8. The van der Waals surface area contributed by atoms with E-state index in [2.05, 4.69) is 30.6 Å². The highest BCUT2D eigenvalue weighted by atomic mass is 15.2. The first-order chi connectivity index (χ1) is 7.07. The highest BCUT2D eigenvalue weighted by molar-refractivity contribution is 4.77. The Kier molecular flexibility index (Phi) is 5.03. The Hall–Kier alpha value is -0.120. The molecule has 0 spiro atoms. The minimum atomic E-state index is 0.265. The van der Waals surface area contributed by atoms with Gasteiger partial charge in [-0.15, -0.1) is 0 Å². The summed E-state index contributed by atoms with van der Waals surface area (Å²) in [6, 6.07) is 0. The quantitative estimate of drug-likeness (QED) is 0.756. The second-order valence-electron chi connectivity index (χ2n) is 5.43. The van der Waals surface area contributed by atoms with Crippen molar-refractivity contribution < 1.29 is 0 Å². The minimum Gasteiger partial charge on any atom is -0.330 e. The normalized spacial score (nSPS) is 21.6. The summed E-state index contributed by atoms with van der Waals surface area (Å²) in [5.41, 5.74) is 6.04. The van der Waals surface area contributed by atoms with E-state index in [0.29, 0.717) is 0 Å². The van der Waals surface area contributed by atoms with Gasteiger partial charge < -0.3 is 15.5 Å². The summed E-state index contributed by atoms with van der Waals surface area (Å²) in [6.07, 6.45) is 1.30. The smallest absolute Gasteiger partial charge is 0.0110 e. The van der Waals surface area contributed by atoms with Crippen LogP contribution in [0.15, 0.2) is 0 Å². The van der Waals surface area contributed by atoms with Gasteiger partial charge in [-0.2, -0.15) is 0 Å². The molecule has 0 atom stereocenters. The van der Waals surface area contributed by atoms with Crippen molar-refractivity contribution >= 4 is 0 Å². The van der Waals surface area contributed by atoms with E-state index >= 15 is 0 Å². The largest absolute Gasteiger partial charge is 0.330 e. The van der Waals surface area contributed by atoms with E-state index in [1.165, 1.54) is 39.1 Å². The Morgan fingerprint density at radius 1 is 1.07 bits per heavy atom. The van der Waals surface area contributed by atoms with Crippen LogP contribution in [0.4, 0.5) is 0 Å². The van der Waals surface area contributed by atoms with E-state index in [-0.39, 0.29) is 5.41 Å². The fraction of sp³-hybridized carbons (Fsp3) is 1.00. The van der Waals surface area contributed by atoms with Crippen molar-refractivity contribution in [1.82, 2.24) is 9.80 Å². The Balaban J connectivity index is 2.37. The first kappa shape index (κ1) is 12.9. The molecule has 0 unspecified atom stereocenters. The molecule has 1 aliphatic rings. The molecule has 0 aromatic carbocycles. The SMILES string of the molecule is CCN1CCCN(CC(C)(C)CN)CC1. The summed E-state index contributed by atoms with van der Waals surface area (Å²) >= 11 is 0. The molecule has 0 bridgehead atoms. The third-order valence-electron chi connectivity index (χ3n) is 3.33. The molecule has 90 valence electrons. The molecule has 0 aromatic rings. The van der Waals surface area contributed by atoms with E-state index in [0.717, 1.165) is 13.1 Å². The predicted molar refractivity (Wildman–Crippen MR) is 66.0 cm³/mol. The third kappa shape index (κ3) is 4.49. The average molecular weight is 213 g/mol. The van der Waals surface area contributed by atoms with Crippen LogP contribution < -0.4 is 5.73 Å². The second-order valence-corrected chi connectivity index (χ2v) is 5.43. The van der Waals surface area contributed by atoms with Crippen molar-refractivity contribution in [2.45, 2.75) is 27.2 Å². The second kappa shape index (κ2) is 5.83. The minimum absolute atomic E-state index is 0.265. The van der Waals surface area contributed by atoms with E-state index in [9.17, 15) is 0 Å². The molecule has 1 fully saturated rings. The standard InChI is InChI=1S/C12H27N3/c1-4-14-6-5-7-15(9-8-14)11-12(2,3)10-13/h4-11,13H2,1-3H3. The molecular formula is C12H27N3. The van der Waals surface area contributed by atoms with Gasteiger partial charge in [-0.05, 0) is 38.0 Å². The van der Waals surface area contributed by atoms with Gasteiger partial charge in [0.2, 0.25) is 0 Å². The lowest BCUT2D eigenvalue weighted by atomic mass is 9.93. The molecule has 1 aliphatic heterocycles. The van der Waals surface area contributed by atoms with Crippen LogP contribution in [-0.2, 0) is 0 Å². The fourth-order valence-electron chi connectivity index (χ4n) is 2.17. The van der Waals surface area contributed by atoms with Crippen molar-refractivity contribution in [2.24, 2.45) is 11.1 Å². The first-order valence-corrected chi connectivity index (χ1v) is 6.22. The highest BCUT2D eigenvalue weighted by Gasteiger charge is 2.21. The van der Waals surface area contributed by atoms with E-state index < -0.39 is 0 Å². The predicted octanol–water partition coefficient (Wildman–Crippen LogP) is 0.999. The summed E-state index contributed by atoms with van der Waals surface area (Å²) in [4.78, 5) is 5.11. The Morgan fingerprint density at radius 2 is 1.67 bits per heavy atom. The third-order valence-corrected chi connectivity index (χ3v) is 3.33. The molecule has 0 aliphatic carbocycles. The van der Waals surface area contributed by atoms with E-state index in [4.69, 9.17) is 5.73 Å². The molecule has 1 saturated heterocycles. The van der Waals surface area contributed by atoms with Crippen LogP contribution in [0.1, 0.15) is 27.2 Å². The molecular weight excluding hydrogens is 186 g/mol. The molecule has 2 N–H and O–H groups in total. The lowest BCUT2D eigenvalue weighted by Gasteiger charge is -2.30. The van der Waals surface area contributed by atoms with Gasteiger partial charge in [0.05, 0.1) is 0 Å². The number of likely N-dealkylation sites (N-methyl/N-ethyl adjacent to an activating group) is 1. The molecule has 3 nitrogen and oxygen atoms in total. The van der Waals surface area contributed by atoms with Crippen LogP contribution >= 0.6 is 0 Å². The Bertz CT molecular complexity index is 180. The summed E-state index contributed by atoms with van der Waals surface area (Å²) in [7, 11) is 0. The Morgan fingerprint density at radius 3 is 2.27 bits per heavy atom. The number of hydrogen-bond donors (Lipinski definition) is 1. The van der Waals surface area contributed by atoms with Crippen molar-refractivity contribution in [2.75, 3.05) is 45.8 Å². The molecule has 1 heterocycles. The maximum absolute atomic E-state index is 5.78. The van der Waals surface area contributed by atoms with Gasteiger partial charge in [-0.1, -0.05) is 20.8 Å². The molecule has 0 aromatic heterocycles. The zero-order chi connectivity index (χ0) is 11.3. The van der Waals surface area contributed by atoms with E-state index in [1.54, 1.807) is 0 Å². The van der Waals surface area contributed by atoms with Crippen LogP contribution in [0.2, 0.25) is 0 Å². The molecule has 1 rings (SSSR count). The summed E-state index contributed by atoms with van der Waals surface area (Å²) in [5, 5.41) is 0. The summed E-state index contributed by atoms with van der Waals surface area (Å²) < 4.78 is 0. The number of nitrogens with two attached hydrogens (primary N) is 1. The van der Waals surface area contributed by atoms with Crippen molar-refractivity contribution in [1.29, 1.82) is 0 Å². The van der Waals surface area contributed by atoms with Gasteiger partial charge in [0.15, 0.2) is 0 Å². The van der Waals surface area contributed by atoms with Gasteiger partial charge in [0.25, 0.3) is 0 Å². The van der Waals surface area contributed by atoms with Crippen molar-refractivity contribution in [3.63, 3.8) is 0 Å². The average Bonchev–Trinajstić information content (AvgIpc) is 2.43. The maximum atomic E-state index is 5.78. The lowest BCUT2D eigenvalue weighted by Crippen LogP contribution is -2.40. The molecule has 0 radical (unpaired) electrons. The summed E-state index contributed by atoms with van der Waals surface area (Å²) in [5.74, 6) is 0. The van der Waals surface area contributed by atoms with Gasteiger partial charge in [0, 0.05) is 19.6 Å². The van der Waals surface area contributed by atoms with Crippen molar-refractivity contribution in [3.05, 3.63) is 0 Å². The molecule has 3 heteroatoms. The van der Waals surface area contributed by atoms with Crippen LogP contribution in [0.3, 0.4) is 0 Å². The molecule has 0 amide bonds. The highest BCUT2D eigenvalue weighted by Crippen LogP contribution is 2.16. The lowest BCUT2D eigenvalue weighted by molar-refractivity contribution is 0.185. The van der Waals surface area contributed by atoms with Crippen LogP contribution in [-0.4, -0.2) is 55.6 Å². The maximum Gasteiger partial charge on any atom is 0.0110 e.